The predicted octanol–water partition coefficient (Wildman–Crippen LogP) is 1.75. The van der Waals surface area contributed by atoms with Crippen molar-refractivity contribution in [1.82, 2.24) is 20.0 Å². The number of rotatable bonds is 7. The summed E-state index contributed by atoms with van der Waals surface area (Å²) in [6.07, 6.45) is 5.72. The lowest BCUT2D eigenvalue weighted by Gasteiger charge is -2.15. The maximum Gasteiger partial charge on any atom is 0.122 e. The molecule has 0 radical (unpaired) electrons. The summed E-state index contributed by atoms with van der Waals surface area (Å²) in [5, 5.41) is 7.48. The molecule has 0 amide bonds. The summed E-state index contributed by atoms with van der Waals surface area (Å²) in [4.78, 5) is 2.26. The van der Waals surface area contributed by atoms with Crippen LogP contribution in [0, 0.1) is 0 Å². The molecular weight excluding hydrogens is 240 g/mol. The number of aryl methyl sites for hydroxylation is 1. The molecule has 2 aromatic rings. The van der Waals surface area contributed by atoms with E-state index in [4.69, 9.17) is 4.42 Å². The van der Waals surface area contributed by atoms with Crippen molar-refractivity contribution < 1.29 is 4.42 Å². The molecule has 1 N–H and O–H groups in total. The molecule has 0 aliphatic rings. The van der Waals surface area contributed by atoms with Gasteiger partial charge in [0.1, 0.15) is 5.76 Å². The van der Waals surface area contributed by atoms with Crippen LogP contribution in [0.1, 0.15) is 23.8 Å². The minimum absolute atomic E-state index is 0.791. The molecule has 0 bridgehead atoms. The van der Waals surface area contributed by atoms with Gasteiger partial charge in [-0.05, 0) is 19.7 Å². The van der Waals surface area contributed by atoms with Gasteiger partial charge in [0, 0.05) is 37.5 Å². The number of hydrogen-bond donors (Lipinski definition) is 1. The maximum atomic E-state index is 5.52. The molecule has 2 aromatic heterocycles. The van der Waals surface area contributed by atoms with Crippen LogP contribution in [0.4, 0.5) is 0 Å². The van der Waals surface area contributed by atoms with E-state index in [9.17, 15) is 0 Å². The first-order valence-corrected chi connectivity index (χ1v) is 6.61. The Morgan fingerprint density at radius 3 is 2.95 bits per heavy atom. The summed E-state index contributed by atoms with van der Waals surface area (Å²) in [5.74, 6) is 1.03. The normalized spacial score (nSPS) is 11.4. The Morgan fingerprint density at radius 1 is 1.42 bits per heavy atom. The Labute approximate surface area is 114 Å². The average molecular weight is 262 g/mol. The second-order valence-corrected chi connectivity index (χ2v) is 4.84. The number of nitrogens with zero attached hydrogens (tertiary/aromatic N) is 3. The van der Waals surface area contributed by atoms with E-state index in [1.54, 1.807) is 6.26 Å². The molecule has 0 fully saturated rings. The van der Waals surface area contributed by atoms with Gasteiger partial charge >= 0.3 is 0 Å². The Hall–Kier alpha value is -1.59. The fourth-order valence-corrected chi connectivity index (χ4v) is 2.11. The molecule has 0 aromatic carbocycles. The van der Waals surface area contributed by atoms with Gasteiger partial charge in [-0.3, -0.25) is 9.58 Å². The van der Waals surface area contributed by atoms with E-state index in [0.717, 1.165) is 31.9 Å². The Balaban J connectivity index is 1.91. The summed E-state index contributed by atoms with van der Waals surface area (Å²) in [7, 11) is 4.05. The number of furan rings is 1. The van der Waals surface area contributed by atoms with Crippen molar-refractivity contribution in [3.8, 4) is 0 Å². The van der Waals surface area contributed by atoms with Gasteiger partial charge < -0.3 is 9.73 Å². The predicted molar refractivity (Wildman–Crippen MR) is 74.5 cm³/mol. The third kappa shape index (κ3) is 3.94. The molecule has 0 spiro atoms. The molecular formula is C14H22N4O. The highest BCUT2D eigenvalue weighted by atomic mass is 16.3. The summed E-state index contributed by atoms with van der Waals surface area (Å²) in [6, 6.07) is 2.05. The monoisotopic (exact) mass is 262 g/mol. The summed E-state index contributed by atoms with van der Waals surface area (Å²) >= 11 is 0. The van der Waals surface area contributed by atoms with E-state index in [1.807, 2.05) is 30.2 Å². The fourth-order valence-electron chi connectivity index (χ4n) is 2.11. The van der Waals surface area contributed by atoms with Crippen molar-refractivity contribution in [1.29, 1.82) is 0 Å². The van der Waals surface area contributed by atoms with Gasteiger partial charge in [-0.25, -0.2) is 0 Å². The smallest absolute Gasteiger partial charge is 0.122 e. The van der Waals surface area contributed by atoms with Crippen LogP contribution in [-0.4, -0.2) is 28.3 Å². The van der Waals surface area contributed by atoms with Crippen LogP contribution in [0.25, 0.3) is 0 Å². The summed E-state index contributed by atoms with van der Waals surface area (Å²) < 4.78 is 7.35. The molecule has 0 aliphatic carbocycles. The standard InChI is InChI=1S/C14H22N4O/c1-4-15-8-14-13(5-6-19-14)11-17(2)9-12-7-16-18(3)10-12/h5-7,10,15H,4,8-9,11H2,1-3H3. The number of nitrogens with one attached hydrogen (secondary N) is 1. The van der Waals surface area contributed by atoms with Crippen molar-refractivity contribution in [2.24, 2.45) is 7.05 Å². The van der Waals surface area contributed by atoms with Crippen molar-refractivity contribution in [3.63, 3.8) is 0 Å². The van der Waals surface area contributed by atoms with Crippen molar-refractivity contribution >= 4 is 0 Å². The average Bonchev–Trinajstić information content (AvgIpc) is 2.96. The molecule has 2 rings (SSSR count). The number of hydrogen-bond acceptors (Lipinski definition) is 4. The molecule has 19 heavy (non-hydrogen) atoms. The molecule has 2 heterocycles. The molecule has 0 atom stereocenters. The first-order chi connectivity index (χ1) is 9.19. The van der Waals surface area contributed by atoms with Gasteiger partial charge in [-0.2, -0.15) is 5.10 Å². The Bertz CT molecular complexity index is 503. The third-order valence-electron chi connectivity index (χ3n) is 3.02. The van der Waals surface area contributed by atoms with Crippen LogP contribution >= 0.6 is 0 Å². The number of aromatic nitrogens is 2. The van der Waals surface area contributed by atoms with E-state index >= 15 is 0 Å². The Kier molecular flexibility index (Phi) is 4.76. The molecule has 5 heteroatoms. The second kappa shape index (κ2) is 6.54. The molecule has 0 saturated heterocycles. The lowest BCUT2D eigenvalue weighted by molar-refractivity contribution is 0.314. The van der Waals surface area contributed by atoms with Gasteiger partial charge in [0.05, 0.1) is 19.0 Å². The zero-order chi connectivity index (χ0) is 13.7. The quantitative estimate of drug-likeness (QED) is 0.826. The van der Waals surface area contributed by atoms with E-state index in [1.165, 1.54) is 11.1 Å². The van der Waals surface area contributed by atoms with Gasteiger partial charge in [-0.1, -0.05) is 6.92 Å². The minimum atomic E-state index is 0.791. The van der Waals surface area contributed by atoms with Crippen LogP contribution in [0.2, 0.25) is 0 Å². The topological polar surface area (TPSA) is 46.2 Å². The van der Waals surface area contributed by atoms with Gasteiger partial charge in [0.2, 0.25) is 0 Å². The second-order valence-electron chi connectivity index (χ2n) is 4.84. The van der Waals surface area contributed by atoms with Crippen LogP contribution in [0.5, 0.6) is 0 Å². The summed E-state index contributed by atoms with van der Waals surface area (Å²) in [5.41, 5.74) is 2.47. The van der Waals surface area contributed by atoms with Crippen molar-refractivity contribution in [2.45, 2.75) is 26.6 Å². The molecule has 5 nitrogen and oxygen atoms in total. The fraction of sp³-hybridized carbons (Fsp3) is 0.500. The van der Waals surface area contributed by atoms with E-state index in [-0.39, 0.29) is 0 Å². The SMILES string of the molecule is CCNCc1occc1CN(C)Cc1cnn(C)c1. The van der Waals surface area contributed by atoms with Gasteiger partial charge in [-0.15, -0.1) is 0 Å². The van der Waals surface area contributed by atoms with E-state index in [2.05, 4.69) is 29.3 Å². The largest absolute Gasteiger partial charge is 0.468 e. The van der Waals surface area contributed by atoms with Gasteiger partial charge in [0.15, 0.2) is 0 Å². The molecule has 0 aliphatic heterocycles. The molecule has 0 unspecified atom stereocenters. The Morgan fingerprint density at radius 2 is 2.26 bits per heavy atom. The molecule has 104 valence electrons. The highest BCUT2D eigenvalue weighted by Gasteiger charge is 2.09. The first-order valence-electron chi connectivity index (χ1n) is 6.61. The van der Waals surface area contributed by atoms with Crippen LogP contribution in [0.3, 0.4) is 0 Å². The van der Waals surface area contributed by atoms with E-state index < -0.39 is 0 Å². The van der Waals surface area contributed by atoms with Crippen molar-refractivity contribution in [3.05, 3.63) is 41.6 Å². The zero-order valence-electron chi connectivity index (χ0n) is 11.9. The zero-order valence-corrected chi connectivity index (χ0v) is 11.9. The van der Waals surface area contributed by atoms with E-state index in [0.29, 0.717) is 0 Å². The van der Waals surface area contributed by atoms with Crippen LogP contribution in [0.15, 0.2) is 29.1 Å². The minimum Gasteiger partial charge on any atom is -0.468 e. The van der Waals surface area contributed by atoms with Crippen LogP contribution < -0.4 is 5.32 Å². The highest BCUT2D eigenvalue weighted by Crippen LogP contribution is 2.14. The first kappa shape index (κ1) is 13.8. The lowest BCUT2D eigenvalue weighted by Crippen LogP contribution is -2.19. The summed E-state index contributed by atoms with van der Waals surface area (Å²) in [6.45, 7) is 5.61. The third-order valence-corrected chi connectivity index (χ3v) is 3.02. The van der Waals surface area contributed by atoms with Crippen molar-refractivity contribution in [2.75, 3.05) is 13.6 Å². The van der Waals surface area contributed by atoms with Crippen LogP contribution in [-0.2, 0) is 26.7 Å². The highest BCUT2D eigenvalue weighted by molar-refractivity contribution is 5.17. The van der Waals surface area contributed by atoms with Gasteiger partial charge in [0.25, 0.3) is 0 Å². The molecule has 0 saturated carbocycles. The lowest BCUT2D eigenvalue weighted by atomic mass is 10.2. The maximum absolute atomic E-state index is 5.52.